The van der Waals surface area contributed by atoms with E-state index in [4.69, 9.17) is 4.74 Å². The lowest BCUT2D eigenvalue weighted by molar-refractivity contribution is -0.143. The summed E-state index contributed by atoms with van der Waals surface area (Å²) in [5.74, 6) is -0.317. The number of benzene rings is 2. The van der Waals surface area contributed by atoms with Gasteiger partial charge in [0.05, 0.1) is 6.61 Å². The van der Waals surface area contributed by atoms with Crippen LogP contribution >= 0.6 is 11.8 Å². The van der Waals surface area contributed by atoms with Crippen molar-refractivity contribution in [3.63, 3.8) is 0 Å². The minimum atomic E-state index is -0.317. The monoisotopic (exact) mass is 419 g/mol. The molecular formula is C23H21N3O3S. The number of rotatable bonds is 7. The van der Waals surface area contributed by atoms with Gasteiger partial charge in [-0.15, -0.1) is 0 Å². The Balaban J connectivity index is 1.55. The maximum Gasteiger partial charge on any atom is 0.306 e. The van der Waals surface area contributed by atoms with E-state index in [0.717, 1.165) is 16.0 Å². The summed E-state index contributed by atoms with van der Waals surface area (Å²) in [5.41, 5.74) is 2.65. The van der Waals surface area contributed by atoms with Gasteiger partial charge in [-0.1, -0.05) is 42.1 Å². The molecule has 0 atom stereocenters. The van der Waals surface area contributed by atoms with E-state index in [-0.39, 0.29) is 17.9 Å². The molecule has 2 heterocycles. The molecule has 0 bridgehead atoms. The lowest BCUT2D eigenvalue weighted by atomic mass is 10.1. The molecule has 4 aromatic rings. The number of aromatic amines is 1. The van der Waals surface area contributed by atoms with Crippen molar-refractivity contribution in [3.8, 4) is 11.1 Å². The van der Waals surface area contributed by atoms with Crippen LogP contribution in [-0.2, 0) is 16.0 Å². The largest absolute Gasteiger partial charge is 0.466 e. The standard InChI is InChI=1S/C23H21N3O3S/c1-2-29-21(27)13-10-17-14-24-22-20(15-25-26(22)23(17)28)16-8-11-19(12-9-16)30-18-6-4-3-5-7-18/h3-9,11-12,14-15,25H,2,10,13H2,1H3. The molecule has 2 aromatic heterocycles. The van der Waals surface area contributed by atoms with Crippen molar-refractivity contribution in [1.82, 2.24) is 14.6 Å². The second-order valence-electron chi connectivity index (χ2n) is 6.68. The van der Waals surface area contributed by atoms with Crippen molar-refractivity contribution in [1.29, 1.82) is 0 Å². The number of ether oxygens (including phenoxy) is 1. The van der Waals surface area contributed by atoms with Gasteiger partial charge in [-0.3, -0.25) is 14.7 Å². The zero-order chi connectivity index (χ0) is 20.9. The fourth-order valence-electron chi connectivity index (χ4n) is 3.18. The van der Waals surface area contributed by atoms with E-state index < -0.39 is 0 Å². The zero-order valence-electron chi connectivity index (χ0n) is 16.5. The molecule has 0 saturated heterocycles. The Hall–Kier alpha value is -3.32. The van der Waals surface area contributed by atoms with Crippen molar-refractivity contribution in [2.45, 2.75) is 29.6 Å². The van der Waals surface area contributed by atoms with Crippen LogP contribution in [0.4, 0.5) is 0 Å². The summed E-state index contributed by atoms with van der Waals surface area (Å²) in [5, 5.41) is 2.98. The van der Waals surface area contributed by atoms with Gasteiger partial charge in [0.15, 0.2) is 5.65 Å². The Morgan fingerprint density at radius 2 is 1.83 bits per heavy atom. The number of esters is 1. The highest BCUT2D eigenvalue weighted by atomic mass is 32.2. The van der Waals surface area contributed by atoms with Crippen molar-refractivity contribution >= 4 is 23.4 Å². The zero-order valence-corrected chi connectivity index (χ0v) is 17.3. The Bertz CT molecular complexity index is 1210. The lowest BCUT2D eigenvalue weighted by Gasteiger charge is -2.04. The fourth-order valence-corrected chi connectivity index (χ4v) is 4.01. The van der Waals surface area contributed by atoms with Gasteiger partial charge in [0.25, 0.3) is 5.56 Å². The van der Waals surface area contributed by atoms with Crippen LogP contribution in [0, 0.1) is 0 Å². The van der Waals surface area contributed by atoms with Crippen LogP contribution in [0.25, 0.3) is 16.8 Å². The number of nitrogens with one attached hydrogen (secondary N) is 1. The van der Waals surface area contributed by atoms with Crippen LogP contribution < -0.4 is 5.56 Å². The molecule has 0 amide bonds. The molecule has 7 heteroatoms. The minimum Gasteiger partial charge on any atom is -0.466 e. The van der Waals surface area contributed by atoms with Crippen LogP contribution in [0.2, 0.25) is 0 Å². The molecule has 0 fully saturated rings. The molecule has 0 aliphatic carbocycles. The number of carbonyl (C=O) groups excluding carboxylic acids is 1. The molecule has 0 aliphatic rings. The van der Waals surface area contributed by atoms with Gasteiger partial charge in [0.1, 0.15) is 0 Å². The number of aromatic nitrogens is 3. The van der Waals surface area contributed by atoms with E-state index in [2.05, 4.69) is 34.3 Å². The highest BCUT2D eigenvalue weighted by molar-refractivity contribution is 7.99. The first-order valence-corrected chi connectivity index (χ1v) is 10.5. The van der Waals surface area contributed by atoms with Crippen molar-refractivity contribution in [3.05, 3.63) is 82.9 Å². The second-order valence-corrected chi connectivity index (χ2v) is 7.83. The van der Waals surface area contributed by atoms with Crippen LogP contribution in [0.5, 0.6) is 0 Å². The first-order valence-electron chi connectivity index (χ1n) is 9.72. The smallest absolute Gasteiger partial charge is 0.306 e. The van der Waals surface area contributed by atoms with Gasteiger partial charge < -0.3 is 4.74 Å². The van der Waals surface area contributed by atoms with E-state index >= 15 is 0 Å². The van der Waals surface area contributed by atoms with Crippen molar-refractivity contribution in [2.75, 3.05) is 6.61 Å². The third kappa shape index (κ3) is 4.31. The van der Waals surface area contributed by atoms with Crippen LogP contribution in [0.1, 0.15) is 18.9 Å². The van der Waals surface area contributed by atoms with E-state index in [0.29, 0.717) is 24.2 Å². The molecule has 152 valence electrons. The predicted molar refractivity (Wildman–Crippen MR) is 117 cm³/mol. The van der Waals surface area contributed by atoms with Crippen LogP contribution in [0.3, 0.4) is 0 Å². The van der Waals surface area contributed by atoms with E-state index in [1.807, 2.05) is 30.3 Å². The van der Waals surface area contributed by atoms with E-state index in [1.165, 1.54) is 9.41 Å². The number of carbonyl (C=O) groups is 1. The third-order valence-electron chi connectivity index (χ3n) is 4.66. The van der Waals surface area contributed by atoms with E-state index in [9.17, 15) is 9.59 Å². The minimum absolute atomic E-state index is 0.158. The molecule has 0 saturated carbocycles. The highest BCUT2D eigenvalue weighted by Gasteiger charge is 2.13. The molecule has 6 nitrogen and oxygen atoms in total. The topological polar surface area (TPSA) is 76.5 Å². The molecule has 0 unspecified atom stereocenters. The first-order chi connectivity index (χ1) is 14.7. The quantitative estimate of drug-likeness (QED) is 0.451. The Morgan fingerprint density at radius 1 is 1.10 bits per heavy atom. The molecular weight excluding hydrogens is 398 g/mol. The first kappa shape index (κ1) is 20.0. The number of nitrogens with zero attached hydrogens (tertiary/aromatic N) is 2. The van der Waals surface area contributed by atoms with Gasteiger partial charge in [0.2, 0.25) is 0 Å². The number of aryl methyl sites for hydroxylation is 1. The normalized spacial score (nSPS) is 11.0. The van der Waals surface area contributed by atoms with Crippen LogP contribution in [-0.4, -0.2) is 27.2 Å². The summed E-state index contributed by atoms with van der Waals surface area (Å²) in [7, 11) is 0. The summed E-state index contributed by atoms with van der Waals surface area (Å²) in [6, 6.07) is 18.4. The molecule has 4 rings (SSSR count). The lowest BCUT2D eigenvalue weighted by Crippen LogP contribution is -2.20. The SMILES string of the molecule is CCOC(=O)CCc1cnc2c(-c3ccc(Sc4ccccc4)cc3)c[nH]n2c1=O. The third-order valence-corrected chi connectivity index (χ3v) is 5.67. The highest BCUT2D eigenvalue weighted by Crippen LogP contribution is 2.30. The number of fused-ring (bicyclic) bond motifs is 1. The van der Waals surface area contributed by atoms with Crippen molar-refractivity contribution < 1.29 is 9.53 Å². The number of H-pyrrole nitrogens is 1. The fraction of sp³-hybridized carbons (Fsp3) is 0.174. The maximum absolute atomic E-state index is 12.7. The maximum atomic E-state index is 12.7. The van der Waals surface area contributed by atoms with Gasteiger partial charge in [-0.05, 0) is 43.2 Å². The Kier molecular flexibility index (Phi) is 5.99. The molecule has 30 heavy (non-hydrogen) atoms. The van der Waals surface area contributed by atoms with Crippen molar-refractivity contribution in [2.24, 2.45) is 0 Å². The summed E-state index contributed by atoms with van der Waals surface area (Å²) < 4.78 is 6.34. The Morgan fingerprint density at radius 3 is 2.57 bits per heavy atom. The number of hydrogen-bond donors (Lipinski definition) is 1. The van der Waals surface area contributed by atoms with Gasteiger partial charge in [-0.2, -0.15) is 0 Å². The number of hydrogen-bond acceptors (Lipinski definition) is 5. The van der Waals surface area contributed by atoms with E-state index in [1.54, 1.807) is 31.1 Å². The average molecular weight is 420 g/mol. The van der Waals surface area contributed by atoms with Crippen LogP contribution in [0.15, 0.2) is 81.6 Å². The van der Waals surface area contributed by atoms with Gasteiger partial charge in [-0.25, -0.2) is 9.50 Å². The summed E-state index contributed by atoms with van der Waals surface area (Å²) in [6.45, 7) is 2.09. The molecule has 0 spiro atoms. The summed E-state index contributed by atoms with van der Waals surface area (Å²) >= 11 is 1.70. The molecule has 0 aliphatic heterocycles. The molecule has 2 aromatic carbocycles. The van der Waals surface area contributed by atoms with Gasteiger partial charge >= 0.3 is 5.97 Å². The Labute approximate surface area is 177 Å². The molecule has 1 N–H and O–H groups in total. The summed E-state index contributed by atoms with van der Waals surface area (Å²) in [4.78, 5) is 31.1. The molecule has 0 radical (unpaired) electrons. The second kappa shape index (κ2) is 9.00. The summed E-state index contributed by atoms with van der Waals surface area (Å²) in [6.07, 6.45) is 3.78. The average Bonchev–Trinajstić information content (AvgIpc) is 3.20. The van der Waals surface area contributed by atoms with Gasteiger partial charge in [0, 0.05) is 39.7 Å². The predicted octanol–water partition coefficient (Wildman–Crippen LogP) is 4.34.